The van der Waals surface area contributed by atoms with Crippen LogP contribution in [0.5, 0.6) is 0 Å². The van der Waals surface area contributed by atoms with Gasteiger partial charge in [0.05, 0.1) is 32.5 Å². The summed E-state index contributed by atoms with van der Waals surface area (Å²) in [5.74, 6) is -0.141. The predicted octanol–water partition coefficient (Wildman–Crippen LogP) is -0.238. The van der Waals surface area contributed by atoms with E-state index in [1.54, 1.807) is 12.1 Å². The van der Waals surface area contributed by atoms with Gasteiger partial charge in [-0.25, -0.2) is 8.42 Å². The normalized spacial score (nSPS) is 25.6. The smallest absolute Gasteiger partial charge is 0.252 e. The van der Waals surface area contributed by atoms with Crippen molar-refractivity contribution in [3.8, 4) is 0 Å². The van der Waals surface area contributed by atoms with Gasteiger partial charge in [0.2, 0.25) is 5.91 Å². The number of hydrogen-bond donors (Lipinski definition) is 2. The van der Waals surface area contributed by atoms with E-state index in [-0.39, 0.29) is 18.1 Å². The Hall–Kier alpha value is -1.04. The van der Waals surface area contributed by atoms with E-state index in [0.29, 0.717) is 50.2 Å². The summed E-state index contributed by atoms with van der Waals surface area (Å²) in [5.41, 5.74) is 0. The third kappa shape index (κ3) is 4.39. The second-order valence-electron chi connectivity index (χ2n) is 5.96. The largest absolute Gasteiger partial charge is 0.379 e. The summed E-state index contributed by atoms with van der Waals surface area (Å²) in [6.45, 7) is 4.98. The lowest BCUT2D eigenvalue weighted by Gasteiger charge is -2.29. The molecule has 25 heavy (non-hydrogen) atoms. The fourth-order valence-electron chi connectivity index (χ4n) is 2.82. The van der Waals surface area contributed by atoms with Crippen LogP contribution in [0.15, 0.2) is 16.3 Å². The molecule has 3 heterocycles. The molecule has 1 aromatic rings. The maximum atomic E-state index is 12.6. The van der Waals surface area contributed by atoms with E-state index < -0.39 is 10.0 Å². The molecular formula is C15H23N3O5S2. The Balaban J connectivity index is 1.59. The molecule has 0 aliphatic carbocycles. The highest BCUT2D eigenvalue weighted by atomic mass is 32.2. The van der Waals surface area contributed by atoms with Gasteiger partial charge in [-0.1, -0.05) is 0 Å². The Morgan fingerprint density at radius 3 is 2.84 bits per heavy atom. The van der Waals surface area contributed by atoms with Gasteiger partial charge in [0.15, 0.2) is 0 Å². The molecule has 2 aliphatic rings. The first kappa shape index (κ1) is 18.7. The van der Waals surface area contributed by atoms with Crippen LogP contribution in [-0.2, 0) is 30.8 Å². The number of nitrogens with one attached hydrogen (secondary N) is 2. The molecular weight excluding hydrogens is 366 g/mol. The molecule has 0 saturated carbocycles. The quantitative estimate of drug-likeness (QED) is 0.722. The van der Waals surface area contributed by atoms with E-state index in [0.717, 1.165) is 4.88 Å². The van der Waals surface area contributed by atoms with Crippen molar-refractivity contribution in [2.45, 2.75) is 29.8 Å². The van der Waals surface area contributed by atoms with Crippen LogP contribution in [0.3, 0.4) is 0 Å². The third-order valence-electron chi connectivity index (χ3n) is 4.24. The average Bonchev–Trinajstić information content (AvgIpc) is 3.11. The molecule has 0 aromatic carbocycles. The van der Waals surface area contributed by atoms with Gasteiger partial charge in [-0.15, -0.1) is 11.3 Å². The first-order valence-corrected chi connectivity index (χ1v) is 10.5. The number of hydrogen-bond acceptors (Lipinski definition) is 7. The van der Waals surface area contributed by atoms with Crippen molar-refractivity contribution in [2.24, 2.45) is 0 Å². The van der Waals surface area contributed by atoms with Gasteiger partial charge in [-0.05, 0) is 19.1 Å². The molecule has 10 heteroatoms. The number of carbonyl (C=O) groups excluding carboxylic acids is 1. The van der Waals surface area contributed by atoms with Gasteiger partial charge in [-0.2, -0.15) is 4.31 Å². The Bertz CT molecular complexity index is 700. The molecule has 2 atom stereocenters. The lowest BCUT2D eigenvalue weighted by Crippen LogP contribution is -2.55. The van der Waals surface area contributed by atoms with E-state index in [1.807, 2.05) is 6.92 Å². The van der Waals surface area contributed by atoms with Crippen LogP contribution in [0.4, 0.5) is 0 Å². The van der Waals surface area contributed by atoms with Crippen LogP contribution in [-0.4, -0.2) is 70.2 Å². The zero-order chi connectivity index (χ0) is 17.9. The number of sulfonamides is 1. The number of thiophene rings is 1. The molecule has 140 valence electrons. The van der Waals surface area contributed by atoms with Crippen LogP contribution in [0, 0.1) is 0 Å². The molecule has 8 nitrogen and oxygen atoms in total. The first-order chi connectivity index (χ1) is 12.0. The topological polar surface area (TPSA) is 97.0 Å². The number of amides is 1. The van der Waals surface area contributed by atoms with E-state index in [4.69, 9.17) is 9.47 Å². The fraction of sp³-hybridized carbons (Fsp3) is 0.667. The van der Waals surface area contributed by atoms with Crippen LogP contribution in [0.1, 0.15) is 11.8 Å². The van der Waals surface area contributed by atoms with Gasteiger partial charge in [0.25, 0.3) is 10.0 Å². The number of rotatable bonds is 5. The highest BCUT2D eigenvalue weighted by molar-refractivity contribution is 7.91. The third-order valence-corrected chi connectivity index (χ3v) is 7.69. The van der Waals surface area contributed by atoms with Crippen molar-refractivity contribution in [1.29, 1.82) is 0 Å². The van der Waals surface area contributed by atoms with Crippen molar-refractivity contribution in [3.63, 3.8) is 0 Å². The lowest BCUT2D eigenvalue weighted by atomic mass is 10.1. The molecule has 0 unspecified atom stereocenters. The number of carbonyl (C=O) groups is 1. The van der Waals surface area contributed by atoms with Gasteiger partial charge in [0.1, 0.15) is 10.3 Å². The first-order valence-electron chi connectivity index (χ1n) is 8.28. The minimum Gasteiger partial charge on any atom is -0.379 e. The Labute approximate surface area is 151 Å². The second-order valence-corrected chi connectivity index (χ2v) is 9.30. The minimum absolute atomic E-state index is 0.141. The predicted molar refractivity (Wildman–Crippen MR) is 92.9 cm³/mol. The number of morpholine rings is 2. The van der Waals surface area contributed by atoms with Gasteiger partial charge >= 0.3 is 0 Å². The average molecular weight is 389 g/mol. The van der Waals surface area contributed by atoms with Gasteiger partial charge in [-0.3, -0.25) is 4.79 Å². The minimum atomic E-state index is -3.48. The molecule has 0 spiro atoms. The zero-order valence-electron chi connectivity index (χ0n) is 14.1. The van der Waals surface area contributed by atoms with Crippen LogP contribution in [0.2, 0.25) is 0 Å². The molecule has 2 N–H and O–H groups in total. The summed E-state index contributed by atoms with van der Waals surface area (Å²) in [5, 5.41) is 5.97. The fourth-order valence-corrected chi connectivity index (χ4v) is 5.68. The summed E-state index contributed by atoms with van der Waals surface area (Å²) < 4.78 is 37.6. The molecule has 1 aromatic heterocycles. The second kappa shape index (κ2) is 8.11. The number of nitrogens with zero attached hydrogens (tertiary/aromatic N) is 1. The zero-order valence-corrected chi connectivity index (χ0v) is 15.7. The summed E-state index contributed by atoms with van der Waals surface area (Å²) in [6.07, 6.45) is -0.186. The van der Waals surface area contributed by atoms with Crippen LogP contribution >= 0.6 is 11.3 Å². The van der Waals surface area contributed by atoms with E-state index in [2.05, 4.69) is 10.6 Å². The Kier molecular flexibility index (Phi) is 6.08. The molecule has 2 fully saturated rings. The van der Waals surface area contributed by atoms with E-state index >= 15 is 0 Å². The molecule has 1 amide bonds. The van der Waals surface area contributed by atoms with Crippen LogP contribution in [0.25, 0.3) is 0 Å². The van der Waals surface area contributed by atoms with Crippen molar-refractivity contribution in [1.82, 2.24) is 14.9 Å². The van der Waals surface area contributed by atoms with Crippen molar-refractivity contribution >= 4 is 27.3 Å². The summed E-state index contributed by atoms with van der Waals surface area (Å²) in [7, 11) is -3.48. The van der Waals surface area contributed by atoms with E-state index in [9.17, 15) is 13.2 Å². The molecule has 2 saturated heterocycles. The Morgan fingerprint density at radius 1 is 1.36 bits per heavy atom. The summed E-state index contributed by atoms with van der Waals surface area (Å²) in [4.78, 5) is 13.0. The molecule has 2 aliphatic heterocycles. The Morgan fingerprint density at radius 2 is 2.12 bits per heavy atom. The van der Waals surface area contributed by atoms with Gasteiger partial charge < -0.3 is 20.1 Å². The van der Waals surface area contributed by atoms with Gasteiger partial charge in [0, 0.05) is 24.5 Å². The highest BCUT2D eigenvalue weighted by Crippen LogP contribution is 2.25. The van der Waals surface area contributed by atoms with Crippen molar-refractivity contribution in [3.05, 3.63) is 17.0 Å². The SMILES string of the molecule is C[C@H]1OCCN[C@@H]1C(=O)NCc1ccc(S(=O)(=O)N2CCOCC2)s1. The highest BCUT2D eigenvalue weighted by Gasteiger charge is 2.29. The lowest BCUT2D eigenvalue weighted by molar-refractivity contribution is -0.129. The molecule has 0 radical (unpaired) electrons. The maximum Gasteiger partial charge on any atom is 0.252 e. The van der Waals surface area contributed by atoms with Crippen molar-refractivity contribution in [2.75, 3.05) is 39.5 Å². The standard InChI is InChI=1S/C15H23N3O5S2/c1-11-14(16-4-7-23-11)15(19)17-10-12-2-3-13(24-12)25(20,21)18-5-8-22-9-6-18/h2-3,11,14,16H,4-10H2,1H3,(H,17,19)/t11-,14+/m1/s1. The van der Waals surface area contributed by atoms with E-state index in [1.165, 1.54) is 15.6 Å². The number of ether oxygens (including phenoxy) is 2. The summed E-state index contributed by atoms with van der Waals surface area (Å²) >= 11 is 1.19. The molecule has 0 bridgehead atoms. The monoisotopic (exact) mass is 389 g/mol. The maximum absolute atomic E-state index is 12.6. The van der Waals surface area contributed by atoms with Crippen LogP contribution < -0.4 is 10.6 Å². The summed E-state index contributed by atoms with van der Waals surface area (Å²) in [6, 6.07) is 2.96. The van der Waals surface area contributed by atoms with Crippen molar-refractivity contribution < 1.29 is 22.7 Å². The molecule has 3 rings (SSSR count).